The van der Waals surface area contributed by atoms with Gasteiger partial charge in [0.2, 0.25) is 0 Å². The third kappa shape index (κ3) is 3.29. The molecular formula is C25H26N4O3. The van der Waals surface area contributed by atoms with Crippen molar-refractivity contribution in [2.45, 2.75) is 32.4 Å². The monoisotopic (exact) mass is 430 g/mol. The molecule has 0 saturated carbocycles. The zero-order valence-corrected chi connectivity index (χ0v) is 18.3. The Hall–Kier alpha value is -3.45. The van der Waals surface area contributed by atoms with Gasteiger partial charge in [-0.2, -0.15) is 5.10 Å². The molecule has 7 nitrogen and oxygen atoms in total. The van der Waals surface area contributed by atoms with Crippen LogP contribution < -0.4 is 10.5 Å². The van der Waals surface area contributed by atoms with Crippen LogP contribution in [0.5, 0.6) is 0 Å². The Morgan fingerprint density at radius 2 is 1.91 bits per heavy atom. The van der Waals surface area contributed by atoms with E-state index in [-0.39, 0.29) is 17.6 Å². The van der Waals surface area contributed by atoms with E-state index in [0.717, 1.165) is 29.4 Å². The second kappa shape index (κ2) is 8.24. The van der Waals surface area contributed by atoms with Crippen LogP contribution in [0.25, 0.3) is 21.8 Å². The standard InChI is InChI=1S/C25H26N4O3/c1-3-28(17-10-5-4-6-11-17)24(30)22-21-19-13-7-8-14-20(19)27(2)23(21)25(31)29(26-22)16-18-12-9-15-32-18/h4-8,10-11,13-14,18H,3,9,12,15-16H2,1-2H3. The quantitative estimate of drug-likeness (QED) is 0.484. The average molecular weight is 431 g/mol. The van der Waals surface area contributed by atoms with E-state index in [1.54, 1.807) is 4.90 Å². The van der Waals surface area contributed by atoms with Crippen molar-refractivity contribution in [1.82, 2.24) is 14.3 Å². The molecule has 3 heterocycles. The van der Waals surface area contributed by atoms with E-state index < -0.39 is 0 Å². The van der Waals surface area contributed by atoms with Gasteiger partial charge in [0.15, 0.2) is 5.69 Å². The topological polar surface area (TPSA) is 69.4 Å². The molecule has 0 radical (unpaired) electrons. The van der Waals surface area contributed by atoms with Crippen molar-refractivity contribution in [2.24, 2.45) is 7.05 Å². The molecular weight excluding hydrogens is 404 g/mol. The van der Waals surface area contributed by atoms with Gasteiger partial charge in [0.25, 0.3) is 11.5 Å². The van der Waals surface area contributed by atoms with Gasteiger partial charge in [-0.25, -0.2) is 4.68 Å². The maximum Gasteiger partial charge on any atom is 0.291 e. The highest BCUT2D eigenvalue weighted by Gasteiger charge is 2.27. The second-order valence-corrected chi connectivity index (χ2v) is 8.16. The Kier molecular flexibility index (Phi) is 5.27. The predicted molar refractivity (Wildman–Crippen MR) is 125 cm³/mol. The van der Waals surface area contributed by atoms with Gasteiger partial charge in [-0.3, -0.25) is 9.59 Å². The molecule has 7 heteroatoms. The van der Waals surface area contributed by atoms with E-state index in [4.69, 9.17) is 4.74 Å². The number of hydrogen-bond acceptors (Lipinski definition) is 4. The number of rotatable bonds is 5. The summed E-state index contributed by atoms with van der Waals surface area (Å²) < 4.78 is 9.04. The van der Waals surface area contributed by atoms with E-state index in [1.165, 1.54) is 4.68 Å². The van der Waals surface area contributed by atoms with Crippen LogP contribution in [0.4, 0.5) is 5.69 Å². The smallest absolute Gasteiger partial charge is 0.291 e. The van der Waals surface area contributed by atoms with Gasteiger partial charge in [-0.05, 0) is 38.0 Å². The Balaban J connectivity index is 1.76. The van der Waals surface area contributed by atoms with Gasteiger partial charge in [0.1, 0.15) is 5.52 Å². The third-order valence-corrected chi connectivity index (χ3v) is 6.23. The Morgan fingerprint density at radius 1 is 1.16 bits per heavy atom. The highest BCUT2D eigenvalue weighted by molar-refractivity contribution is 6.20. The molecule has 0 N–H and O–H groups in total. The number of carbonyl (C=O) groups excluding carboxylic acids is 1. The molecule has 1 fully saturated rings. The number of nitrogens with zero attached hydrogens (tertiary/aromatic N) is 4. The fraction of sp³-hybridized carbons (Fsp3) is 0.320. The summed E-state index contributed by atoms with van der Waals surface area (Å²) in [6.07, 6.45) is 1.79. The Morgan fingerprint density at radius 3 is 2.62 bits per heavy atom. The van der Waals surface area contributed by atoms with Crippen molar-refractivity contribution in [2.75, 3.05) is 18.1 Å². The number of hydrogen-bond donors (Lipinski definition) is 0. The predicted octanol–water partition coefficient (Wildman–Crippen LogP) is 3.73. The first kappa shape index (κ1) is 20.5. The molecule has 0 spiro atoms. The minimum Gasteiger partial charge on any atom is -0.376 e. The van der Waals surface area contributed by atoms with Gasteiger partial charge >= 0.3 is 0 Å². The summed E-state index contributed by atoms with van der Waals surface area (Å²) >= 11 is 0. The molecule has 164 valence electrons. The van der Waals surface area contributed by atoms with Crippen LogP contribution in [0.1, 0.15) is 30.3 Å². The fourth-order valence-corrected chi connectivity index (χ4v) is 4.66. The number of aromatic nitrogens is 3. The summed E-state index contributed by atoms with van der Waals surface area (Å²) in [5, 5.41) is 6.10. The first-order valence-corrected chi connectivity index (χ1v) is 11.1. The lowest BCUT2D eigenvalue weighted by Gasteiger charge is -2.21. The van der Waals surface area contributed by atoms with Crippen LogP contribution in [0.15, 0.2) is 59.4 Å². The van der Waals surface area contributed by atoms with Gasteiger partial charge in [-0.1, -0.05) is 36.4 Å². The molecule has 1 aliphatic rings. The van der Waals surface area contributed by atoms with Crippen molar-refractivity contribution in [3.63, 3.8) is 0 Å². The van der Waals surface area contributed by atoms with Crippen LogP contribution in [-0.4, -0.2) is 39.5 Å². The lowest BCUT2D eigenvalue weighted by Crippen LogP contribution is -2.36. The summed E-state index contributed by atoms with van der Waals surface area (Å²) in [6, 6.07) is 17.3. The number of anilines is 1. The first-order valence-electron chi connectivity index (χ1n) is 11.1. The van der Waals surface area contributed by atoms with Gasteiger partial charge in [-0.15, -0.1) is 0 Å². The van der Waals surface area contributed by atoms with E-state index >= 15 is 0 Å². The third-order valence-electron chi connectivity index (χ3n) is 6.23. The molecule has 1 unspecified atom stereocenters. The van der Waals surface area contributed by atoms with Crippen LogP contribution >= 0.6 is 0 Å². The number of para-hydroxylation sites is 2. The molecule has 0 aliphatic carbocycles. The maximum atomic E-state index is 13.9. The first-order chi connectivity index (χ1) is 15.6. The fourth-order valence-electron chi connectivity index (χ4n) is 4.66. The molecule has 2 aromatic heterocycles. The van der Waals surface area contributed by atoms with E-state index in [9.17, 15) is 9.59 Å². The summed E-state index contributed by atoms with van der Waals surface area (Å²) in [4.78, 5) is 29.0. The van der Waals surface area contributed by atoms with Gasteiger partial charge < -0.3 is 14.2 Å². The molecule has 1 saturated heterocycles. The molecule has 5 rings (SSSR count). The lowest BCUT2D eigenvalue weighted by molar-refractivity contribution is 0.0910. The van der Waals surface area contributed by atoms with Crippen molar-refractivity contribution < 1.29 is 9.53 Å². The summed E-state index contributed by atoms with van der Waals surface area (Å²) in [6.45, 7) is 3.46. The van der Waals surface area contributed by atoms with E-state index in [2.05, 4.69) is 5.10 Å². The SMILES string of the molecule is CCN(C(=O)c1nn(CC2CCCO2)c(=O)c2c1c1ccccc1n2C)c1ccccc1. The van der Waals surface area contributed by atoms with Gasteiger partial charge in [0, 0.05) is 42.2 Å². The zero-order chi connectivity index (χ0) is 22.2. The Labute approximate surface area is 185 Å². The van der Waals surface area contributed by atoms with Crippen LogP contribution in [0.3, 0.4) is 0 Å². The minimum absolute atomic E-state index is 0.0633. The summed E-state index contributed by atoms with van der Waals surface area (Å²) in [7, 11) is 1.87. The van der Waals surface area contributed by atoms with Crippen LogP contribution in [0, 0.1) is 0 Å². The minimum atomic E-state index is -0.221. The van der Waals surface area contributed by atoms with Gasteiger partial charge in [0.05, 0.1) is 12.6 Å². The number of fused-ring (bicyclic) bond motifs is 3. The summed E-state index contributed by atoms with van der Waals surface area (Å²) in [5.74, 6) is -0.221. The lowest BCUT2D eigenvalue weighted by atomic mass is 10.1. The number of benzene rings is 2. The molecule has 1 amide bonds. The van der Waals surface area contributed by atoms with Crippen LogP contribution in [-0.2, 0) is 18.3 Å². The highest BCUT2D eigenvalue weighted by atomic mass is 16.5. The maximum absolute atomic E-state index is 13.9. The molecule has 0 bridgehead atoms. The largest absolute Gasteiger partial charge is 0.376 e. The average Bonchev–Trinajstić information content (AvgIpc) is 3.44. The van der Waals surface area contributed by atoms with Crippen molar-refractivity contribution in [1.29, 1.82) is 0 Å². The molecule has 4 aromatic rings. The van der Waals surface area contributed by atoms with Crippen molar-refractivity contribution >= 4 is 33.4 Å². The number of aryl methyl sites for hydroxylation is 1. The van der Waals surface area contributed by atoms with Crippen molar-refractivity contribution in [3.05, 3.63) is 70.6 Å². The van der Waals surface area contributed by atoms with Crippen molar-refractivity contribution in [3.8, 4) is 0 Å². The molecule has 32 heavy (non-hydrogen) atoms. The van der Waals surface area contributed by atoms with E-state index in [0.29, 0.717) is 36.3 Å². The Bertz CT molecular complexity index is 1350. The normalized spacial score (nSPS) is 16.1. The molecule has 2 aromatic carbocycles. The summed E-state index contributed by atoms with van der Waals surface area (Å²) in [5.41, 5.74) is 2.28. The second-order valence-electron chi connectivity index (χ2n) is 8.16. The number of ether oxygens (including phenoxy) is 1. The molecule has 1 aliphatic heterocycles. The number of amides is 1. The zero-order valence-electron chi connectivity index (χ0n) is 18.3. The number of carbonyl (C=O) groups is 1. The van der Waals surface area contributed by atoms with Crippen LogP contribution in [0.2, 0.25) is 0 Å². The van der Waals surface area contributed by atoms with E-state index in [1.807, 2.05) is 73.1 Å². The molecule has 1 atom stereocenters. The highest BCUT2D eigenvalue weighted by Crippen LogP contribution is 2.29.